The van der Waals surface area contributed by atoms with Crippen LogP contribution in [-0.4, -0.2) is 38.6 Å². The summed E-state index contributed by atoms with van der Waals surface area (Å²) >= 11 is 5.93. The Morgan fingerprint density at radius 1 is 1.61 bits per heavy atom. The molecule has 0 bridgehead atoms. The summed E-state index contributed by atoms with van der Waals surface area (Å²) in [5, 5.41) is 6.49. The highest BCUT2D eigenvalue weighted by Crippen LogP contribution is 2.13. The Balaban J connectivity index is 2.32. The second kappa shape index (κ2) is 4.97. The fourth-order valence-electron chi connectivity index (χ4n) is 1.76. The molecule has 0 aliphatic carbocycles. The zero-order valence-electron chi connectivity index (χ0n) is 10.6. The van der Waals surface area contributed by atoms with Crippen molar-refractivity contribution < 1.29 is 0 Å². The van der Waals surface area contributed by atoms with Crippen molar-refractivity contribution in [2.45, 2.75) is 25.6 Å². The van der Waals surface area contributed by atoms with Crippen LogP contribution in [0, 0.1) is 6.92 Å². The third-order valence-corrected chi connectivity index (χ3v) is 3.03. The van der Waals surface area contributed by atoms with Gasteiger partial charge in [-0.05, 0) is 20.3 Å². The molecule has 0 fully saturated rings. The molecule has 2 heterocycles. The topological polar surface area (TPSA) is 66.3 Å². The summed E-state index contributed by atoms with van der Waals surface area (Å²) in [6.07, 6.45) is 0.872. The monoisotopic (exact) mass is 269 g/mol. The number of fused-ring (bicyclic) bond motifs is 1. The van der Waals surface area contributed by atoms with Gasteiger partial charge in [0.25, 0.3) is 0 Å². The molecular formula is C11H16ClN5O. The third-order valence-electron chi connectivity index (χ3n) is 2.81. The summed E-state index contributed by atoms with van der Waals surface area (Å²) < 4.78 is 1.45. The molecule has 18 heavy (non-hydrogen) atoms. The summed E-state index contributed by atoms with van der Waals surface area (Å²) in [6.45, 7) is 4.55. The number of nitrogens with one attached hydrogen (secondary N) is 1. The fraction of sp³-hybridized carbons (Fsp3) is 0.545. The van der Waals surface area contributed by atoms with Gasteiger partial charge in [-0.25, -0.2) is 19.3 Å². The highest BCUT2D eigenvalue weighted by Gasteiger charge is 2.10. The maximum atomic E-state index is 11.5. The van der Waals surface area contributed by atoms with Crippen molar-refractivity contribution in [3.8, 4) is 0 Å². The number of anilines is 1. The van der Waals surface area contributed by atoms with Crippen molar-refractivity contribution in [1.82, 2.24) is 19.6 Å². The van der Waals surface area contributed by atoms with Crippen LogP contribution in [0.1, 0.15) is 19.2 Å². The Hall–Kier alpha value is -1.56. The molecule has 2 aromatic heterocycles. The molecular weight excluding hydrogens is 254 g/mol. The van der Waals surface area contributed by atoms with Gasteiger partial charge in [0, 0.05) is 25.0 Å². The van der Waals surface area contributed by atoms with Crippen LogP contribution in [0.2, 0.25) is 0 Å². The van der Waals surface area contributed by atoms with Crippen LogP contribution in [0.25, 0.3) is 5.65 Å². The lowest BCUT2D eigenvalue weighted by Crippen LogP contribution is -2.23. The smallest absolute Gasteiger partial charge is 0.349 e. The summed E-state index contributed by atoms with van der Waals surface area (Å²) in [6, 6.07) is 1.78. The fourth-order valence-corrected chi connectivity index (χ4v) is 1.86. The van der Waals surface area contributed by atoms with Gasteiger partial charge in [0.2, 0.25) is 0 Å². The van der Waals surface area contributed by atoms with Gasteiger partial charge in [0.15, 0.2) is 5.65 Å². The predicted octanol–water partition coefficient (Wildman–Crippen LogP) is 1.18. The number of hydrogen-bond donors (Lipinski definition) is 1. The maximum absolute atomic E-state index is 11.5. The number of hydrogen-bond acceptors (Lipinski definition) is 4. The van der Waals surface area contributed by atoms with Gasteiger partial charge in [-0.2, -0.15) is 5.10 Å². The number of aryl methyl sites for hydroxylation is 1. The summed E-state index contributed by atoms with van der Waals surface area (Å²) in [5.41, 5.74) is 0.312. The van der Waals surface area contributed by atoms with Crippen molar-refractivity contribution in [1.29, 1.82) is 0 Å². The molecule has 0 aliphatic heterocycles. The number of H-pyrrole nitrogens is 1. The Morgan fingerprint density at radius 3 is 3.00 bits per heavy atom. The molecule has 0 aromatic carbocycles. The van der Waals surface area contributed by atoms with Crippen molar-refractivity contribution >= 4 is 23.1 Å². The van der Waals surface area contributed by atoms with Crippen LogP contribution < -0.4 is 10.6 Å². The molecule has 98 valence electrons. The quantitative estimate of drug-likeness (QED) is 0.847. The largest absolute Gasteiger partial charge is 0.359 e. The molecule has 2 aromatic rings. The highest BCUT2D eigenvalue weighted by molar-refractivity contribution is 6.20. The molecule has 0 spiro atoms. The van der Waals surface area contributed by atoms with E-state index in [0.717, 1.165) is 18.8 Å². The minimum atomic E-state index is -0.265. The van der Waals surface area contributed by atoms with Crippen molar-refractivity contribution in [3.05, 3.63) is 22.4 Å². The van der Waals surface area contributed by atoms with E-state index in [1.165, 1.54) is 4.40 Å². The van der Waals surface area contributed by atoms with E-state index >= 15 is 0 Å². The number of halogens is 1. The van der Waals surface area contributed by atoms with E-state index < -0.39 is 0 Å². The molecule has 0 radical (unpaired) electrons. The zero-order chi connectivity index (χ0) is 13.3. The van der Waals surface area contributed by atoms with Gasteiger partial charge in [-0.15, -0.1) is 11.6 Å². The lowest BCUT2D eigenvalue weighted by atomic mass is 10.3. The average Bonchev–Trinajstić information content (AvgIpc) is 2.68. The summed E-state index contributed by atoms with van der Waals surface area (Å²) in [4.78, 5) is 17.9. The molecule has 0 saturated carbocycles. The first-order valence-corrected chi connectivity index (χ1v) is 6.22. The van der Waals surface area contributed by atoms with Crippen molar-refractivity contribution in [3.63, 3.8) is 0 Å². The minimum Gasteiger partial charge on any atom is -0.359 e. The number of rotatable bonds is 4. The molecule has 0 amide bonds. The second-order valence-corrected chi connectivity index (χ2v) is 5.12. The molecule has 1 N–H and O–H groups in total. The van der Waals surface area contributed by atoms with E-state index in [9.17, 15) is 4.79 Å². The van der Waals surface area contributed by atoms with E-state index in [1.807, 2.05) is 18.9 Å². The minimum absolute atomic E-state index is 0.130. The summed E-state index contributed by atoms with van der Waals surface area (Å²) in [5.74, 6) is 1.41. The third kappa shape index (κ3) is 2.48. The number of nitrogens with zero attached hydrogens (tertiary/aromatic N) is 4. The standard InChI is InChI=1S/C11H16ClN5O/c1-7(12)4-5-16(3)9-6-10-14-15-11(18)17(10)8(2)13-9/h6-7H,4-5H2,1-3H3,(H,15,18). The normalized spacial score (nSPS) is 12.9. The highest BCUT2D eigenvalue weighted by atomic mass is 35.5. The van der Waals surface area contributed by atoms with E-state index in [0.29, 0.717) is 11.5 Å². The molecule has 6 nitrogen and oxygen atoms in total. The predicted molar refractivity (Wildman–Crippen MR) is 71.5 cm³/mol. The van der Waals surface area contributed by atoms with Gasteiger partial charge < -0.3 is 4.90 Å². The molecule has 2 rings (SSSR count). The first kappa shape index (κ1) is 12.9. The number of alkyl halides is 1. The first-order chi connectivity index (χ1) is 8.49. The molecule has 0 aliphatic rings. The van der Waals surface area contributed by atoms with Gasteiger partial charge in [-0.1, -0.05) is 0 Å². The molecule has 0 saturated heterocycles. The number of aromatic nitrogens is 4. The molecule has 1 atom stereocenters. The van der Waals surface area contributed by atoms with Gasteiger partial charge in [0.05, 0.1) is 0 Å². The van der Waals surface area contributed by atoms with Crippen LogP contribution in [0.3, 0.4) is 0 Å². The van der Waals surface area contributed by atoms with Crippen LogP contribution in [-0.2, 0) is 0 Å². The Labute approximate surface area is 110 Å². The van der Waals surface area contributed by atoms with E-state index in [1.54, 1.807) is 13.0 Å². The van der Waals surface area contributed by atoms with E-state index in [4.69, 9.17) is 11.6 Å². The van der Waals surface area contributed by atoms with Crippen LogP contribution in [0.4, 0.5) is 5.82 Å². The lowest BCUT2D eigenvalue weighted by molar-refractivity contribution is 0.761. The number of aromatic amines is 1. The lowest BCUT2D eigenvalue weighted by Gasteiger charge is -2.19. The van der Waals surface area contributed by atoms with Crippen LogP contribution in [0.5, 0.6) is 0 Å². The van der Waals surface area contributed by atoms with Crippen LogP contribution in [0.15, 0.2) is 10.9 Å². The Bertz CT molecular complexity index is 603. The van der Waals surface area contributed by atoms with Crippen LogP contribution >= 0.6 is 11.6 Å². The van der Waals surface area contributed by atoms with Crippen molar-refractivity contribution in [2.24, 2.45) is 0 Å². The van der Waals surface area contributed by atoms with Crippen molar-refractivity contribution in [2.75, 3.05) is 18.5 Å². The summed E-state index contributed by atoms with van der Waals surface area (Å²) in [7, 11) is 1.95. The molecule has 1 unspecified atom stereocenters. The Kier molecular flexibility index (Phi) is 3.56. The Morgan fingerprint density at radius 2 is 2.33 bits per heavy atom. The second-order valence-electron chi connectivity index (χ2n) is 4.37. The average molecular weight is 270 g/mol. The van der Waals surface area contributed by atoms with E-state index in [-0.39, 0.29) is 11.1 Å². The van der Waals surface area contributed by atoms with Gasteiger partial charge >= 0.3 is 5.69 Å². The maximum Gasteiger partial charge on any atom is 0.349 e. The SMILES string of the molecule is Cc1nc(N(C)CCC(C)Cl)cc2n[nH]c(=O)n12. The first-order valence-electron chi connectivity index (χ1n) is 5.79. The van der Waals surface area contributed by atoms with Gasteiger partial charge in [0.1, 0.15) is 11.6 Å². The zero-order valence-corrected chi connectivity index (χ0v) is 11.4. The molecule has 7 heteroatoms. The van der Waals surface area contributed by atoms with E-state index in [2.05, 4.69) is 15.2 Å². The van der Waals surface area contributed by atoms with Gasteiger partial charge in [-0.3, -0.25) is 0 Å².